The summed E-state index contributed by atoms with van der Waals surface area (Å²) in [7, 11) is 1.84. The molecule has 1 aromatic carbocycles. The molecule has 2 atom stereocenters. The van der Waals surface area contributed by atoms with Gasteiger partial charge in [0.25, 0.3) is 0 Å². The minimum Gasteiger partial charge on any atom is -0.508 e. The molecule has 0 aliphatic rings. The monoisotopic (exact) mass is 224 g/mol. The van der Waals surface area contributed by atoms with E-state index in [1.54, 1.807) is 18.2 Å². The second-order valence-corrected chi connectivity index (χ2v) is 4.06. The number of phenolic OH excluding ortho intramolecular Hbond substituents is 1. The molecule has 0 amide bonds. The number of rotatable bonds is 5. The van der Waals surface area contributed by atoms with Crippen LogP contribution in [0.1, 0.15) is 23.7 Å². The molecule has 4 heteroatoms. The zero-order valence-corrected chi connectivity index (χ0v) is 9.77. The molecule has 0 aromatic heterocycles. The Labute approximate surface area is 96.1 Å². The molecule has 1 aromatic rings. The Kier molecular flexibility index (Phi) is 4.73. The van der Waals surface area contributed by atoms with E-state index in [-0.39, 0.29) is 11.8 Å². The van der Waals surface area contributed by atoms with Crippen LogP contribution >= 0.6 is 0 Å². The van der Waals surface area contributed by atoms with Crippen LogP contribution in [0.15, 0.2) is 18.2 Å². The molecule has 0 saturated heterocycles. The van der Waals surface area contributed by atoms with Crippen LogP contribution in [0.5, 0.6) is 5.75 Å². The van der Waals surface area contributed by atoms with Gasteiger partial charge in [0.1, 0.15) is 5.75 Å². The van der Waals surface area contributed by atoms with E-state index in [0.29, 0.717) is 12.0 Å². The number of aliphatic hydroxyl groups is 1. The first kappa shape index (κ1) is 13.0. The van der Waals surface area contributed by atoms with Crippen molar-refractivity contribution >= 4 is 0 Å². The summed E-state index contributed by atoms with van der Waals surface area (Å²) in [5.74, 6) is 0.0954. The number of aromatic hydroxyl groups is 1. The minimum atomic E-state index is -0.826. The Balaban J connectivity index is 2.78. The van der Waals surface area contributed by atoms with Crippen molar-refractivity contribution in [1.82, 2.24) is 5.32 Å². The van der Waals surface area contributed by atoms with Crippen LogP contribution in [-0.2, 0) is 0 Å². The highest BCUT2D eigenvalue weighted by molar-refractivity contribution is 5.37. The fourth-order valence-electron chi connectivity index (χ4n) is 1.61. The van der Waals surface area contributed by atoms with E-state index in [9.17, 15) is 10.2 Å². The molecule has 0 bridgehead atoms. The van der Waals surface area contributed by atoms with Gasteiger partial charge in [-0.25, -0.2) is 0 Å². The Hall–Kier alpha value is -1.10. The molecular formula is C12H20N2O2. The number of nitrogens with two attached hydrogens (primary N) is 1. The zero-order chi connectivity index (χ0) is 12.1. The van der Waals surface area contributed by atoms with Crippen LogP contribution in [0.4, 0.5) is 0 Å². The first-order valence-corrected chi connectivity index (χ1v) is 5.44. The predicted octanol–water partition coefficient (Wildman–Crippen LogP) is 0.671. The minimum absolute atomic E-state index is 0.0954. The second-order valence-electron chi connectivity index (χ2n) is 4.06. The molecule has 16 heavy (non-hydrogen) atoms. The van der Waals surface area contributed by atoms with Crippen molar-refractivity contribution in [2.75, 3.05) is 13.6 Å². The average Bonchev–Trinajstić information content (AvgIpc) is 2.28. The van der Waals surface area contributed by atoms with Gasteiger partial charge >= 0.3 is 0 Å². The number of phenols is 1. The molecule has 5 N–H and O–H groups in total. The summed E-state index contributed by atoms with van der Waals surface area (Å²) in [6.07, 6.45) is -0.168. The van der Waals surface area contributed by atoms with Crippen LogP contribution in [0, 0.1) is 6.92 Å². The van der Waals surface area contributed by atoms with Crippen molar-refractivity contribution in [3.63, 3.8) is 0 Å². The largest absolute Gasteiger partial charge is 0.508 e. The van der Waals surface area contributed by atoms with Crippen LogP contribution < -0.4 is 11.1 Å². The van der Waals surface area contributed by atoms with Crippen molar-refractivity contribution in [3.05, 3.63) is 29.3 Å². The number of nitrogens with one attached hydrogen (secondary N) is 1. The first-order chi connectivity index (χ1) is 7.56. The van der Waals surface area contributed by atoms with Crippen molar-refractivity contribution in [2.45, 2.75) is 25.5 Å². The molecule has 1 rings (SSSR count). The molecule has 0 saturated carbocycles. The quantitative estimate of drug-likeness (QED) is 0.593. The van der Waals surface area contributed by atoms with E-state index in [1.807, 2.05) is 14.0 Å². The third-order valence-electron chi connectivity index (χ3n) is 2.63. The van der Waals surface area contributed by atoms with Crippen molar-refractivity contribution in [1.29, 1.82) is 0 Å². The van der Waals surface area contributed by atoms with Crippen LogP contribution in [0.25, 0.3) is 0 Å². The molecule has 2 unspecified atom stereocenters. The Morgan fingerprint density at radius 2 is 2.12 bits per heavy atom. The number of hydrogen-bond donors (Lipinski definition) is 4. The summed E-state index contributed by atoms with van der Waals surface area (Å²) in [6.45, 7) is 2.65. The number of aryl methyl sites for hydroxylation is 1. The van der Waals surface area contributed by atoms with Gasteiger partial charge in [-0.15, -0.1) is 0 Å². The SMILES string of the molecule is CNCCC(N)C(O)c1cc(C)ccc1O. The van der Waals surface area contributed by atoms with E-state index in [1.165, 1.54) is 0 Å². The molecule has 0 heterocycles. The lowest BCUT2D eigenvalue weighted by atomic mass is 9.98. The highest BCUT2D eigenvalue weighted by Crippen LogP contribution is 2.27. The summed E-state index contributed by atoms with van der Waals surface area (Å²) in [4.78, 5) is 0. The molecular weight excluding hydrogens is 204 g/mol. The van der Waals surface area contributed by atoms with Gasteiger partial charge in [-0.1, -0.05) is 11.6 Å². The Morgan fingerprint density at radius 3 is 2.75 bits per heavy atom. The van der Waals surface area contributed by atoms with Gasteiger partial charge in [-0.2, -0.15) is 0 Å². The second kappa shape index (κ2) is 5.84. The maximum Gasteiger partial charge on any atom is 0.121 e. The van der Waals surface area contributed by atoms with Gasteiger partial charge in [0, 0.05) is 11.6 Å². The number of hydrogen-bond acceptors (Lipinski definition) is 4. The molecule has 0 fully saturated rings. The fraction of sp³-hybridized carbons (Fsp3) is 0.500. The van der Waals surface area contributed by atoms with Gasteiger partial charge in [0.15, 0.2) is 0 Å². The Morgan fingerprint density at radius 1 is 1.44 bits per heavy atom. The third-order valence-corrected chi connectivity index (χ3v) is 2.63. The highest BCUT2D eigenvalue weighted by atomic mass is 16.3. The summed E-state index contributed by atoms with van der Waals surface area (Å²) < 4.78 is 0. The maximum absolute atomic E-state index is 10.0. The van der Waals surface area contributed by atoms with E-state index in [0.717, 1.165) is 12.1 Å². The van der Waals surface area contributed by atoms with Gasteiger partial charge < -0.3 is 21.3 Å². The van der Waals surface area contributed by atoms with Gasteiger partial charge in [-0.05, 0) is 39.1 Å². The number of aliphatic hydroxyl groups excluding tert-OH is 1. The van der Waals surface area contributed by atoms with Crippen LogP contribution in [0.2, 0.25) is 0 Å². The van der Waals surface area contributed by atoms with E-state index in [4.69, 9.17) is 5.73 Å². The average molecular weight is 224 g/mol. The molecule has 0 aliphatic carbocycles. The Bertz CT molecular complexity index is 342. The molecule has 90 valence electrons. The van der Waals surface area contributed by atoms with E-state index in [2.05, 4.69) is 5.32 Å². The highest BCUT2D eigenvalue weighted by Gasteiger charge is 2.19. The normalized spacial score (nSPS) is 14.8. The fourth-order valence-corrected chi connectivity index (χ4v) is 1.61. The molecule has 0 spiro atoms. The summed E-state index contributed by atoms with van der Waals surface area (Å²) >= 11 is 0. The van der Waals surface area contributed by atoms with Gasteiger partial charge in [0.2, 0.25) is 0 Å². The third kappa shape index (κ3) is 3.20. The summed E-state index contributed by atoms with van der Waals surface area (Å²) in [5, 5.41) is 22.6. The van der Waals surface area contributed by atoms with Crippen molar-refractivity contribution in [2.24, 2.45) is 5.73 Å². The maximum atomic E-state index is 10.0. The lowest BCUT2D eigenvalue weighted by Crippen LogP contribution is -2.31. The topological polar surface area (TPSA) is 78.5 Å². The molecule has 4 nitrogen and oxygen atoms in total. The van der Waals surface area contributed by atoms with Crippen molar-refractivity contribution < 1.29 is 10.2 Å². The van der Waals surface area contributed by atoms with Crippen LogP contribution in [-0.4, -0.2) is 29.8 Å². The lowest BCUT2D eigenvalue weighted by Gasteiger charge is -2.20. The standard InChI is InChI=1S/C12H20N2O2/c1-8-3-4-11(15)9(7-8)12(16)10(13)5-6-14-2/h3-4,7,10,12,14-16H,5-6,13H2,1-2H3. The summed E-state index contributed by atoms with van der Waals surface area (Å²) in [6, 6.07) is 4.77. The predicted molar refractivity (Wildman–Crippen MR) is 64.3 cm³/mol. The van der Waals surface area contributed by atoms with Gasteiger partial charge in [-0.3, -0.25) is 0 Å². The smallest absolute Gasteiger partial charge is 0.121 e. The zero-order valence-electron chi connectivity index (χ0n) is 9.77. The first-order valence-electron chi connectivity index (χ1n) is 5.44. The van der Waals surface area contributed by atoms with E-state index >= 15 is 0 Å². The van der Waals surface area contributed by atoms with Crippen LogP contribution in [0.3, 0.4) is 0 Å². The van der Waals surface area contributed by atoms with Gasteiger partial charge in [0.05, 0.1) is 6.10 Å². The molecule has 0 radical (unpaired) electrons. The summed E-state index contributed by atoms with van der Waals surface area (Å²) in [5.41, 5.74) is 7.35. The van der Waals surface area contributed by atoms with E-state index < -0.39 is 6.10 Å². The molecule has 0 aliphatic heterocycles. The lowest BCUT2D eigenvalue weighted by molar-refractivity contribution is 0.139. The van der Waals surface area contributed by atoms with Crippen molar-refractivity contribution in [3.8, 4) is 5.75 Å². The number of benzene rings is 1.